The Bertz CT molecular complexity index is 1300. The molecule has 1 N–H and O–H groups in total. The summed E-state index contributed by atoms with van der Waals surface area (Å²) < 4.78 is 33.6. The number of amides is 2. The number of halogens is 2. The smallest absolute Gasteiger partial charge is 0.261 e. The normalized spacial score (nSPS) is 16.1. The largest absolute Gasteiger partial charge is 0.481 e. The summed E-state index contributed by atoms with van der Waals surface area (Å²) >= 11 is 0. The van der Waals surface area contributed by atoms with Crippen molar-refractivity contribution in [2.24, 2.45) is 5.41 Å². The van der Waals surface area contributed by atoms with Crippen LogP contribution in [-0.4, -0.2) is 29.4 Å². The number of carbonyl (C=O) groups excluding carboxylic acids is 2. The van der Waals surface area contributed by atoms with Gasteiger partial charge in [-0.25, -0.2) is 8.78 Å². The number of fused-ring (bicyclic) bond motifs is 1. The maximum Gasteiger partial charge on any atom is 0.261 e. The van der Waals surface area contributed by atoms with Gasteiger partial charge in [0, 0.05) is 18.5 Å². The van der Waals surface area contributed by atoms with E-state index in [1.807, 2.05) is 39.0 Å². The lowest BCUT2D eigenvalue weighted by Gasteiger charge is -2.41. The summed E-state index contributed by atoms with van der Waals surface area (Å²) in [7, 11) is 0. The first-order valence-electron chi connectivity index (χ1n) is 12.4. The van der Waals surface area contributed by atoms with Crippen LogP contribution in [0.15, 0.2) is 66.7 Å². The van der Waals surface area contributed by atoms with E-state index in [0.29, 0.717) is 29.8 Å². The van der Waals surface area contributed by atoms with Crippen molar-refractivity contribution in [3.05, 3.63) is 101 Å². The van der Waals surface area contributed by atoms with E-state index in [-0.39, 0.29) is 30.0 Å². The van der Waals surface area contributed by atoms with Gasteiger partial charge in [0.1, 0.15) is 17.4 Å². The number of nitrogens with zero attached hydrogens (tertiary/aromatic N) is 1. The Morgan fingerprint density at radius 2 is 1.73 bits per heavy atom. The Labute approximate surface area is 216 Å². The van der Waals surface area contributed by atoms with Crippen LogP contribution in [0.3, 0.4) is 0 Å². The molecule has 5 nitrogen and oxygen atoms in total. The zero-order valence-corrected chi connectivity index (χ0v) is 21.6. The zero-order chi connectivity index (χ0) is 26.7. The van der Waals surface area contributed by atoms with Crippen molar-refractivity contribution in [1.29, 1.82) is 0 Å². The van der Waals surface area contributed by atoms with E-state index in [1.54, 1.807) is 36.1 Å². The average molecular weight is 507 g/mol. The van der Waals surface area contributed by atoms with E-state index >= 15 is 0 Å². The van der Waals surface area contributed by atoms with E-state index in [2.05, 4.69) is 5.32 Å². The molecule has 7 heteroatoms. The Kier molecular flexibility index (Phi) is 7.62. The van der Waals surface area contributed by atoms with Gasteiger partial charge in [-0.1, -0.05) is 51.1 Å². The standard InChI is InChI=1S/C30H32F2N2O3/c1-19(28(35)33-18-20-7-5-9-23(31)15-20)37-25-12-11-21-13-14-34(29(36)30(2,3)4)27(26(21)17-25)22-8-6-10-24(32)16-22/h5-12,15-17,19,27H,13-14,18H2,1-4H3,(H,33,35)/t19-,27+/m1/s1. The third-order valence-corrected chi connectivity index (χ3v) is 6.45. The van der Waals surface area contributed by atoms with Crippen molar-refractivity contribution < 1.29 is 23.1 Å². The minimum Gasteiger partial charge on any atom is -0.481 e. The van der Waals surface area contributed by atoms with Crippen molar-refractivity contribution >= 4 is 11.8 Å². The topological polar surface area (TPSA) is 58.6 Å². The molecule has 0 unspecified atom stereocenters. The monoisotopic (exact) mass is 506 g/mol. The van der Waals surface area contributed by atoms with Gasteiger partial charge in [0.25, 0.3) is 5.91 Å². The van der Waals surface area contributed by atoms with Crippen molar-refractivity contribution in [2.45, 2.75) is 52.8 Å². The first-order chi connectivity index (χ1) is 17.5. The zero-order valence-electron chi connectivity index (χ0n) is 21.6. The molecule has 3 aromatic rings. The first kappa shape index (κ1) is 26.3. The van der Waals surface area contributed by atoms with Crippen LogP contribution in [0.1, 0.15) is 56.0 Å². The van der Waals surface area contributed by atoms with Crippen LogP contribution in [0.2, 0.25) is 0 Å². The molecule has 1 aliphatic rings. The van der Waals surface area contributed by atoms with Crippen molar-refractivity contribution in [3.8, 4) is 5.75 Å². The van der Waals surface area contributed by atoms with Crippen molar-refractivity contribution in [3.63, 3.8) is 0 Å². The van der Waals surface area contributed by atoms with Gasteiger partial charge < -0.3 is 15.0 Å². The first-order valence-corrected chi connectivity index (χ1v) is 12.4. The van der Waals surface area contributed by atoms with Gasteiger partial charge in [-0.3, -0.25) is 9.59 Å². The molecular formula is C30H32F2N2O3. The highest BCUT2D eigenvalue weighted by Crippen LogP contribution is 2.39. The van der Waals surface area contributed by atoms with Crippen LogP contribution in [-0.2, 0) is 22.6 Å². The Morgan fingerprint density at radius 1 is 1.03 bits per heavy atom. The molecule has 1 aliphatic heterocycles. The number of hydrogen-bond acceptors (Lipinski definition) is 3. The fourth-order valence-corrected chi connectivity index (χ4v) is 4.59. The molecule has 0 aromatic heterocycles. The molecule has 4 rings (SSSR count). The minimum atomic E-state index is -0.810. The van der Waals surface area contributed by atoms with Crippen molar-refractivity contribution in [1.82, 2.24) is 10.2 Å². The summed E-state index contributed by atoms with van der Waals surface area (Å²) in [6, 6.07) is 17.4. The fraction of sp³-hybridized carbons (Fsp3) is 0.333. The van der Waals surface area contributed by atoms with Gasteiger partial charge in [-0.2, -0.15) is 0 Å². The van der Waals surface area contributed by atoms with Gasteiger partial charge >= 0.3 is 0 Å². The van der Waals surface area contributed by atoms with Crippen LogP contribution in [0.5, 0.6) is 5.75 Å². The molecule has 0 aliphatic carbocycles. The molecule has 3 aromatic carbocycles. The lowest BCUT2D eigenvalue weighted by Crippen LogP contribution is -2.45. The number of carbonyl (C=O) groups is 2. The Morgan fingerprint density at radius 3 is 2.41 bits per heavy atom. The highest BCUT2D eigenvalue weighted by Gasteiger charge is 2.37. The van der Waals surface area contributed by atoms with E-state index in [1.165, 1.54) is 24.3 Å². The number of rotatable bonds is 6. The molecule has 2 atom stereocenters. The summed E-state index contributed by atoms with van der Waals surface area (Å²) in [6.45, 7) is 7.95. The quantitative estimate of drug-likeness (QED) is 0.476. The van der Waals surface area contributed by atoms with Gasteiger partial charge in [0.15, 0.2) is 6.10 Å². The van der Waals surface area contributed by atoms with Crippen molar-refractivity contribution in [2.75, 3.05) is 6.54 Å². The number of ether oxygens (including phenoxy) is 1. The van der Waals surface area contributed by atoms with Crippen LogP contribution >= 0.6 is 0 Å². The summed E-state index contributed by atoms with van der Waals surface area (Å²) in [5, 5.41) is 2.76. The highest BCUT2D eigenvalue weighted by molar-refractivity contribution is 5.83. The fourth-order valence-electron chi connectivity index (χ4n) is 4.59. The summed E-state index contributed by atoms with van der Waals surface area (Å²) in [5.41, 5.74) is 2.61. The average Bonchev–Trinajstić information content (AvgIpc) is 2.85. The van der Waals surface area contributed by atoms with Crippen LogP contribution in [0.25, 0.3) is 0 Å². The molecule has 0 bridgehead atoms. The maximum absolute atomic E-state index is 14.2. The van der Waals surface area contributed by atoms with E-state index in [0.717, 1.165) is 11.1 Å². The second kappa shape index (κ2) is 10.7. The lowest BCUT2D eigenvalue weighted by atomic mass is 9.85. The van der Waals surface area contributed by atoms with E-state index in [9.17, 15) is 18.4 Å². The van der Waals surface area contributed by atoms with Gasteiger partial charge in [0.2, 0.25) is 5.91 Å². The maximum atomic E-state index is 14.2. The Hall–Kier alpha value is -3.74. The highest BCUT2D eigenvalue weighted by atomic mass is 19.1. The molecule has 0 fully saturated rings. The van der Waals surface area contributed by atoms with Gasteiger partial charge in [-0.15, -0.1) is 0 Å². The second-order valence-electron chi connectivity index (χ2n) is 10.4. The predicted molar refractivity (Wildman–Crippen MR) is 138 cm³/mol. The molecular weight excluding hydrogens is 474 g/mol. The van der Waals surface area contributed by atoms with Crippen LogP contribution < -0.4 is 10.1 Å². The Balaban J connectivity index is 1.58. The van der Waals surface area contributed by atoms with E-state index < -0.39 is 17.6 Å². The molecule has 0 spiro atoms. The summed E-state index contributed by atoms with van der Waals surface area (Å²) in [5.74, 6) is -0.628. The minimum absolute atomic E-state index is 0.0242. The molecule has 0 saturated carbocycles. The third kappa shape index (κ3) is 6.16. The second-order valence-corrected chi connectivity index (χ2v) is 10.4. The predicted octanol–water partition coefficient (Wildman–Crippen LogP) is 5.57. The molecule has 37 heavy (non-hydrogen) atoms. The summed E-state index contributed by atoms with van der Waals surface area (Å²) in [6.07, 6.45) is -0.150. The molecule has 0 saturated heterocycles. The molecule has 0 radical (unpaired) electrons. The number of nitrogens with one attached hydrogen (secondary N) is 1. The SMILES string of the molecule is C[C@@H](Oc1ccc2c(c1)[C@H](c1cccc(F)c1)N(C(=O)C(C)(C)C)CC2)C(=O)NCc1cccc(F)c1. The summed E-state index contributed by atoms with van der Waals surface area (Å²) in [4.78, 5) is 27.8. The van der Waals surface area contributed by atoms with Gasteiger partial charge in [-0.05, 0) is 72.0 Å². The lowest BCUT2D eigenvalue weighted by molar-refractivity contribution is -0.141. The molecule has 194 valence electrons. The third-order valence-electron chi connectivity index (χ3n) is 6.45. The van der Waals surface area contributed by atoms with E-state index in [4.69, 9.17) is 4.74 Å². The van der Waals surface area contributed by atoms with Crippen LogP contribution in [0.4, 0.5) is 8.78 Å². The molecule has 1 heterocycles. The number of benzene rings is 3. The van der Waals surface area contributed by atoms with Crippen LogP contribution in [0, 0.1) is 17.0 Å². The number of hydrogen-bond donors (Lipinski definition) is 1. The van der Waals surface area contributed by atoms with Gasteiger partial charge in [0.05, 0.1) is 6.04 Å². The molecule has 2 amide bonds.